The molecule has 0 saturated carbocycles. The number of hydrogen-bond donors (Lipinski definition) is 9. The van der Waals surface area contributed by atoms with Crippen molar-refractivity contribution in [1.29, 1.82) is 0 Å². The summed E-state index contributed by atoms with van der Waals surface area (Å²) in [5.74, 6) is -2.07. The van der Waals surface area contributed by atoms with E-state index in [2.05, 4.69) is 32.8 Å². The average molecular weight is 760 g/mol. The van der Waals surface area contributed by atoms with Crippen molar-refractivity contribution < 1.29 is 95.5 Å². The number of imidazole rings is 1. The molecular weight excluding hydrogens is 733 g/mol. The standard InChI is InChI=1S/C21H27N6O19P3/c22-17-12-18(24-6-23-17)27(7-25-12)20-16(45-47(34,35)36)14(30)11(44-20)5-42-49(39,40)46-48(37,38)41-4-10-13(29)15(31)19(43-10)26-2-8(21(32)33)1-9(28)3-26/h1-3,6-7,10-11,13-16,19-20,29-31H,4-5H2,(H7-,22,23,24,28,32,33,34,35,36,37,38,39,40)/t10-,11+,13-,14+,15-,16+,19-,20+/m0/s1. The lowest BCUT2D eigenvalue weighted by Crippen LogP contribution is -2.46. The van der Waals surface area contributed by atoms with Crippen molar-refractivity contribution in [2.75, 3.05) is 18.9 Å². The number of anilines is 1. The number of nitrogens with two attached hydrogens (primary N) is 1. The van der Waals surface area contributed by atoms with Gasteiger partial charge in [-0.3, -0.25) is 18.2 Å². The summed E-state index contributed by atoms with van der Waals surface area (Å²) in [7, 11) is -16.7. The molecule has 2 fully saturated rings. The number of fused-ring (bicyclic) bond motifs is 1. The fourth-order valence-corrected chi connectivity index (χ4v) is 7.47. The van der Waals surface area contributed by atoms with Gasteiger partial charge >= 0.3 is 21.6 Å². The first-order valence-corrected chi connectivity index (χ1v) is 17.9. The normalized spacial score (nSPS) is 29.9. The molecule has 0 aliphatic carbocycles. The number of aromatic carboxylic acids is 1. The zero-order valence-corrected chi connectivity index (χ0v) is 26.8. The van der Waals surface area contributed by atoms with Gasteiger partial charge in [0.05, 0.1) is 19.5 Å². The van der Waals surface area contributed by atoms with E-state index in [1.807, 2.05) is 0 Å². The van der Waals surface area contributed by atoms with E-state index in [1.165, 1.54) is 0 Å². The highest BCUT2D eigenvalue weighted by atomic mass is 31.3. The summed E-state index contributed by atoms with van der Waals surface area (Å²) >= 11 is 0. The van der Waals surface area contributed by atoms with Crippen LogP contribution in [0.2, 0.25) is 0 Å². The molecule has 0 aromatic carbocycles. The van der Waals surface area contributed by atoms with E-state index in [9.17, 15) is 63.6 Å². The van der Waals surface area contributed by atoms with Gasteiger partial charge in [-0.05, 0) is 0 Å². The number of aromatic hydroxyl groups is 1. The lowest BCUT2D eigenvalue weighted by molar-refractivity contribution is -0.766. The maximum atomic E-state index is 12.5. The van der Waals surface area contributed by atoms with Crippen molar-refractivity contribution in [3.05, 3.63) is 36.7 Å². The van der Waals surface area contributed by atoms with Crippen molar-refractivity contribution in [2.24, 2.45) is 0 Å². The van der Waals surface area contributed by atoms with Gasteiger partial charge < -0.3 is 64.8 Å². The van der Waals surface area contributed by atoms with Crippen LogP contribution in [-0.2, 0) is 41.1 Å². The van der Waals surface area contributed by atoms with Gasteiger partial charge in [-0.25, -0.2) is 33.2 Å². The molecule has 270 valence electrons. The molecule has 5 heterocycles. The first-order chi connectivity index (χ1) is 22.7. The second-order valence-electron chi connectivity index (χ2n) is 10.4. The number of carbonyl (C=O) groups is 1. The van der Waals surface area contributed by atoms with Crippen LogP contribution in [0.5, 0.6) is 5.75 Å². The molecule has 28 heteroatoms. The quantitative estimate of drug-likeness (QED) is 0.0611. The maximum absolute atomic E-state index is 12.5. The van der Waals surface area contributed by atoms with Crippen LogP contribution in [0, 0.1) is 0 Å². The minimum atomic E-state index is -5.82. The van der Waals surface area contributed by atoms with Gasteiger partial charge in [-0.15, -0.1) is 0 Å². The number of hydrogen-bond acceptors (Lipinski definition) is 19. The Bertz CT molecular complexity index is 1860. The molecule has 3 aromatic rings. The molecule has 49 heavy (non-hydrogen) atoms. The summed E-state index contributed by atoms with van der Waals surface area (Å²) in [5.41, 5.74) is 5.33. The third-order valence-electron chi connectivity index (χ3n) is 6.99. The molecular formula is C21H27N6O19P3. The number of carboxylic acids is 1. The molecule has 25 nitrogen and oxygen atoms in total. The Balaban J connectivity index is 1.21. The number of nitrogens with zero attached hydrogens (tertiary/aromatic N) is 5. The Morgan fingerprint density at radius 2 is 1.67 bits per heavy atom. The molecule has 0 amide bonds. The van der Waals surface area contributed by atoms with Crippen LogP contribution in [0.1, 0.15) is 22.8 Å². The lowest BCUT2D eigenvalue weighted by atomic mass is 10.1. The molecule has 5 rings (SSSR count). The number of carboxylic acid groups (broad SMARTS) is 1. The minimum Gasteiger partial charge on any atom is -0.756 e. The van der Waals surface area contributed by atoms with Gasteiger partial charge in [-0.1, -0.05) is 0 Å². The first-order valence-electron chi connectivity index (χ1n) is 13.4. The first kappa shape index (κ1) is 37.2. The van der Waals surface area contributed by atoms with Crippen LogP contribution in [0.25, 0.3) is 11.2 Å². The number of phosphoric acid groups is 3. The van der Waals surface area contributed by atoms with Gasteiger partial charge in [-0.2, -0.15) is 4.57 Å². The second-order valence-corrected chi connectivity index (χ2v) is 14.6. The smallest absolute Gasteiger partial charge is 0.478 e. The van der Waals surface area contributed by atoms with Gasteiger partial charge in [0.1, 0.15) is 47.9 Å². The van der Waals surface area contributed by atoms with Gasteiger partial charge in [0, 0.05) is 6.07 Å². The van der Waals surface area contributed by atoms with Crippen LogP contribution < -0.4 is 15.2 Å². The highest BCUT2D eigenvalue weighted by Crippen LogP contribution is 2.58. The zero-order chi connectivity index (χ0) is 36.1. The molecule has 2 aliphatic rings. The van der Waals surface area contributed by atoms with Gasteiger partial charge in [0.25, 0.3) is 14.1 Å². The van der Waals surface area contributed by atoms with E-state index >= 15 is 0 Å². The molecule has 10 atom stereocenters. The maximum Gasteiger partial charge on any atom is 0.478 e. The number of ether oxygens (including phenoxy) is 2. The van der Waals surface area contributed by atoms with Crippen LogP contribution in [0.4, 0.5) is 5.82 Å². The van der Waals surface area contributed by atoms with E-state index in [0.717, 1.165) is 40.2 Å². The second kappa shape index (κ2) is 13.9. The van der Waals surface area contributed by atoms with E-state index in [4.69, 9.17) is 15.2 Å². The van der Waals surface area contributed by atoms with E-state index in [1.54, 1.807) is 0 Å². The summed E-state index contributed by atoms with van der Waals surface area (Å²) in [5, 5.41) is 50.4. The third-order valence-corrected chi connectivity index (χ3v) is 10.1. The van der Waals surface area contributed by atoms with Crippen molar-refractivity contribution in [3.63, 3.8) is 0 Å². The Kier molecular flexibility index (Phi) is 10.6. The van der Waals surface area contributed by atoms with E-state index < -0.39 is 103 Å². The zero-order valence-electron chi connectivity index (χ0n) is 24.1. The molecule has 10 N–H and O–H groups in total. The number of pyridine rings is 1. The predicted octanol–water partition coefficient (Wildman–Crippen LogP) is -3.23. The minimum absolute atomic E-state index is 0.0255. The van der Waals surface area contributed by atoms with Crippen molar-refractivity contribution >= 4 is 46.4 Å². The summed E-state index contributed by atoms with van der Waals surface area (Å²) < 4.78 is 67.3. The molecule has 0 bridgehead atoms. The molecule has 2 aliphatic heterocycles. The van der Waals surface area contributed by atoms with Crippen molar-refractivity contribution in [1.82, 2.24) is 19.5 Å². The molecule has 2 saturated heterocycles. The fourth-order valence-electron chi connectivity index (χ4n) is 4.88. The number of nitrogen functional groups attached to an aromatic ring is 1. The number of aromatic nitrogens is 5. The average Bonchev–Trinajstić information content (AvgIpc) is 3.64. The monoisotopic (exact) mass is 760 g/mol. The summed E-state index contributed by atoms with van der Waals surface area (Å²) in [6.45, 7) is -2.24. The number of aliphatic hydroxyl groups excluding tert-OH is 3. The Hall–Kier alpha value is -3.06. The SMILES string of the molecule is Nc1ncnc2c1ncn2[C@@H]1O[C@H](COP(=O)([O-])OP(=O)(O)OC[C@@H]2O[C@H]([n+]3cc(O)cc(C(=O)O)c3)[C@@H](O)[C@H]2O)[C@@H](O)[C@H]1OP(=O)(O)O. The van der Waals surface area contributed by atoms with Crippen LogP contribution in [0.3, 0.4) is 0 Å². The predicted molar refractivity (Wildman–Crippen MR) is 148 cm³/mol. The van der Waals surface area contributed by atoms with Crippen LogP contribution in [-0.4, -0.2) is 116 Å². The Morgan fingerprint density at radius 3 is 2.35 bits per heavy atom. The third kappa shape index (κ3) is 8.46. The topological polar surface area (TPSA) is 382 Å². The van der Waals surface area contributed by atoms with E-state index in [0.29, 0.717) is 0 Å². The number of rotatable bonds is 13. The van der Waals surface area contributed by atoms with Crippen molar-refractivity contribution in [3.8, 4) is 5.75 Å². The molecule has 0 spiro atoms. The highest BCUT2D eigenvalue weighted by molar-refractivity contribution is 7.60. The number of aliphatic hydroxyl groups is 3. The lowest BCUT2D eigenvalue weighted by Gasteiger charge is -2.26. The summed E-state index contributed by atoms with van der Waals surface area (Å²) in [6.07, 6.45) is -10.0. The van der Waals surface area contributed by atoms with Gasteiger partial charge in [0.2, 0.25) is 6.20 Å². The molecule has 2 unspecified atom stereocenters. The molecule has 3 aromatic heterocycles. The van der Waals surface area contributed by atoms with Gasteiger partial charge in [0.15, 0.2) is 35.7 Å². The highest BCUT2D eigenvalue weighted by Gasteiger charge is 2.51. The van der Waals surface area contributed by atoms with Crippen molar-refractivity contribution in [2.45, 2.75) is 49.1 Å². The molecule has 0 radical (unpaired) electrons. The summed E-state index contributed by atoms with van der Waals surface area (Å²) in [6, 6.07) is 0.889. The number of phosphoric ester groups is 3. The van der Waals surface area contributed by atoms with Crippen LogP contribution in [0.15, 0.2) is 31.1 Å². The largest absolute Gasteiger partial charge is 0.756 e. The fraction of sp³-hybridized carbons (Fsp3) is 0.476. The van der Waals surface area contributed by atoms with E-state index in [-0.39, 0.29) is 17.0 Å². The Labute approximate surface area is 272 Å². The Morgan fingerprint density at radius 1 is 1.00 bits per heavy atom. The van der Waals surface area contributed by atoms with Crippen LogP contribution >= 0.6 is 23.5 Å². The summed E-state index contributed by atoms with van der Waals surface area (Å²) in [4.78, 5) is 64.2.